The summed E-state index contributed by atoms with van der Waals surface area (Å²) in [6, 6.07) is 8.06. The Balaban J connectivity index is 1.74. The highest BCUT2D eigenvalue weighted by Crippen LogP contribution is 2.35. The van der Waals surface area contributed by atoms with E-state index in [1.807, 2.05) is 19.1 Å². The van der Waals surface area contributed by atoms with Gasteiger partial charge < -0.3 is 8.94 Å². The second-order valence-electron chi connectivity index (χ2n) is 7.95. The molecule has 4 rings (SSSR count). The molecular weight excluding hydrogens is 340 g/mol. The highest BCUT2D eigenvalue weighted by atomic mass is 16.5. The van der Waals surface area contributed by atoms with Gasteiger partial charge in [-0.05, 0) is 68.0 Å². The van der Waals surface area contributed by atoms with Crippen LogP contribution in [0.3, 0.4) is 0 Å². The van der Waals surface area contributed by atoms with Crippen molar-refractivity contribution in [1.82, 2.24) is 10.1 Å². The van der Waals surface area contributed by atoms with Crippen molar-refractivity contribution in [2.75, 3.05) is 6.54 Å². The molecule has 5 heteroatoms. The average Bonchev–Trinajstić information content (AvgIpc) is 3.22. The van der Waals surface area contributed by atoms with Gasteiger partial charge in [0.2, 0.25) is 0 Å². The summed E-state index contributed by atoms with van der Waals surface area (Å²) in [6.45, 7) is 10.1. The van der Waals surface area contributed by atoms with E-state index in [0.717, 1.165) is 47.4 Å². The summed E-state index contributed by atoms with van der Waals surface area (Å²) in [6.07, 6.45) is 2.16. The topological polar surface area (TPSA) is 59.5 Å². The Morgan fingerprint density at radius 1 is 1.22 bits per heavy atom. The second-order valence-corrected chi connectivity index (χ2v) is 7.95. The quantitative estimate of drug-likeness (QED) is 0.617. The third-order valence-corrected chi connectivity index (χ3v) is 5.55. The molecule has 2 aromatic heterocycles. The second kappa shape index (κ2) is 6.97. The van der Waals surface area contributed by atoms with Crippen LogP contribution in [0.2, 0.25) is 0 Å². The van der Waals surface area contributed by atoms with Gasteiger partial charge in [0.15, 0.2) is 5.76 Å². The molecule has 0 spiro atoms. The van der Waals surface area contributed by atoms with Gasteiger partial charge >= 0.3 is 5.63 Å². The Kier molecular flexibility index (Phi) is 4.64. The van der Waals surface area contributed by atoms with Crippen LogP contribution >= 0.6 is 0 Å². The van der Waals surface area contributed by atoms with E-state index in [4.69, 9.17) is 8.94 Å². The summed E-state index contributed by atoms with van der Waals surface area (Å²) in [5, 5.41) is 5.07. The van der Waals surface area contributed by atoms with E-state index < -0.39 is 0 Å². The lowest BCUT2D eigenvalue weighted by atomic mass is 9.94. The molecule has 1 atom stereocenters. The minimum absolute atomic E-state index is 0.212. The maximum absolute atomic E-state index is 12.1. The number of likely N-dealkylation sites (tertiary alicyclic amines) is 1. The fourth-order valence-electron chi connectivity index (χ4n) is 4.24. The molecule has 0 saturated carbocycles. The fraction of sp³-hybridized carbons (Fsp3) is 0.455. The molecule has 0 amide bonds. The van der Waals surface area contributed by atoms with Crippen LogP contribution in [0.25, 0.3) is 11.0 Å². The summed E-state index contributed by atoms with van der Waals surface area (Å²) >= 11 is 0. The summed E-state index contributed by atoms with van der Waals surface area (Å²) in [5.74, 6) is 1.34. The monoisotopic (exact) mass is 366 g/mol. The summed E-state index contributed by atoms with van der Waals surface area (Å²) < 4.78 is 11.0. The van der Waals surface area contributed by atoms with E-state index >= 15 is 0 Å². The van der Waals surface area contributed by atoms with Gasteiger partial charge in [0.1, 0.15) is 5.58 Å². The molecule has 0 radical (unpaired) electrons. The van der Waals surface area contributed by atoms with E-state index in [9.17, 15) is 4.79 Å². The van der Waals surface area contributed by atoms with E-state index in [0.29, 0.717) is 18.0 Å². The first kappa shape index (κ1) is 18.0. The normalized spacial score (nSPS) is 18.0. The van der Waals surface area contributed by atoms with Gasteiger partial charge in [0.25, 0.3) is 0 Å². The lowest BCUT2D eigenvalue weighted by Gasteiger charge is -2.23. The van der Waals surface area contributed by atoms with Crippen LogP contribution in [0, 0.1) is 13.8 Å². The van der Waals surface area contributed by atoms with Crippen LogP contribution in [0.5, 0.6) is 0 Å². The molecule has 3 heterocycles. The Bertz CT molecular complexity index is 1030. The Hall–Kier alpha value is -2.40. The van der Waals surface area contributed by atoms with E-state index in [1.54, 1.807) is 6.07 Å². The van der Waals surface area contributed by atoms with Gasteiger partial charge in [-0.15, -0.1) is 0 Å². The first-order chi connectivity index (χ1) is 12.9. The van der Waals surface area contributed by atoms with Crippen molar-refractivity contribution in [3.05, 3.63) is 62.8 Å². The molecule has 1 saturated heterocycles. The predicted octanol–water partition coefficient (Wildman–Crippen LogP) is 4.86. The largest absolute Gasteiger partial charge is 0.423 e. The number of hydrogen-bond acceptors (Lipinski definition) is 5. The van der Waals surface area contributed by atoms with Crippen LogP contribution in [-0.2, 0) is 6.54 Å². The van der Waals surface area contributed by atoms with Gasteiger partial charge in [-0.25, -0.2) is 4.79 Å². The van der Waals surface area contributed by atoms with Crippen LogP contribution in [0.15, 0.2) is 38.0 Å². The molecule has 27 heavy (non-hydrogen) atoms. The van der Waals surface area contributed by atoms with E-state index in [-0.39, 0.29) is 11.7 Å². The SMILES string of the molecule is Cc1cc([C@H]2CCCN2Cc2cc(=O)oc3cc(C)c(C(C)C)cc23)on1. The van der Waals surface area contributed by atoms with Crippen molar-refractivity contribution in [3.63, 3.8) is 0 Å². The van der Waals surface area contributed by atoms with Crippen molar-refractivity contribution in [2.45, 2.75) is 59.0 Å². The molecule has 142 valence electrons. The molecule has 3 aromatic rings. The molecule has 1 aliphatic heterocycles. The van der Waals surface area contributed by atoms with Gasteiger partial charge in [-0.1, -0.05) is 19.0 Å². The van der Waals surface area contributed by atoms with Crippen LogP contribution in [0.4, 0.5) is 0 Å². The third-order valence-electron chi connectivity index (χ3n) is 5.55. The zero-order valence-corrected chi connectivity index (χ0v) is 16.4. The van der Waals surface area contributed by atoms with Crippen molar-refractivity contribution in [3.8, 4) is 0 Å². The Morgan fingerprint density at radius 3 is 2.74 bits per heavy atom. The standard InChI is InChI=1S/C22H26N2O3/c1-13(2)17-11-18-16(10-22(25)26-20(18)8-14(17)3)12-24-7-5-6-19(24)21-9-15(4)23-27-21/h8-11,13,19H,5-7,12H2,1-4H3/t19-/m1/s1. The van der Waals surface area contributed by atoms with E-state index in [1.165, 1.54) is 5.56 Å². The minimum Gasteiger partial charge on any atom is -0.423 e. The number of aromatic nitrogens is 1. The zero-order valence-electron chi connectivity index (χ0n) is 16.4. The molecule has 0 N–H and O–H groups in total. The molecule has 5 nitrogen and oxygen atoms in total. The molecule has 0 aliphatic carbocycles. The lowest BCUT2D eigenvalue weighted by molar-refractivity contribution is 0.207. The molecule has 1 aliphatic rings. The van der Waals surface area contributed by atoms with Gasteiger partial charge in [-0.2, -0.15) is 0 Å². The Morgan fingerprint density at radius 2 is 2.04 bits per heavy atom. The van der Waals surface area contributed by atoms with Crippen molar-refractivity contribution >= 4 is 11.0 Å². The zero-order chi connectivity index (χ0) is 19.1. The average molecular weight is 366 g/mol. The molecule has 1 fully saturated rings. The summed E-state index contributed by atoms with van der Waals surface area (Å²) in [4.78, 5) is 14.5. The number of benzene rings is 1. The lowest BCUT2D eigenvalue weighted by Crippen LogP contribution is -2.23. The van der Waals surface area contributed by atoms with Gasteiger partial charge in [0, 0.05) is 24.1 Å². The number of fused-ring (bicyclic) bond motifs is 1. The van der Waals surface area contributed by atoms with Crippen LogP contribution < -0.4 is 5.63 Å². The summed E-state index contributed by atoms with van der Waals surface area (Å²) in [7, 11) is 0. The first-order valence-electron chi connectivity index (χ1n) is 9.67. The highest BCUT2D eigenvalue weighted by Gasteiger charge is 2.29. The Labute approximate surface area is 159 Å². The molecule has 1 aromatic carbocycles. The molecule has 0 unspecified atom stereocenters. The van der Waals surface area contributed by atoms with Crippen molar-refractivity contribution in [1.29, 1.82) is 0 Å². The molecular formula is C22H26N2O3. The summed E-state index contributed by atoms with van der Waals surface area (Å²) in [5.41, 5.74) is 4.76. The number of nitrogens with zero attached hydrogens (tertiary/aromatic N) is 2. The van der Waals surface area contributed by atoms with Crippen molar-refractivity contribution in [2.24, 2.45) is 0 Å². The van der Waals surface area contributed by atoms with Gasteiger partial charge in [-0.3, -0.25) is 4.90 Å². The number of aryl methyl sites for hydroxylation is 2. The maximum Gasteiger partial charge on any atom is 0.336 e. The number of hydrogen-bond donors (Lipinski definition) is 0. The van der Waals surface area contributed by atoms with Gasteiger partial charge in [0.05, 0.1) is 11.7 Å². The molecule has 0 bridgehead atoms. The highest BCUT2D eigenvalue weighted by molar-refractivity contribution is 5.82. The maximum atomic E-state index is 12.1. The third kappa shape index (κ3) is 3.44. The predicted molar refractivity (Wildman–Crippen MR) is 105 cm³/mol. The van der Waals surface area contributed by atoms with Crippen LogP contribution in [-0.4, -0.2) is 16.6 Å². The van der Waals surface area contributed by atoms with E-state index in [2.05, 4.69) is 36.9 Å². The minimum atomic E-state index is -0.291. The first-order valence-corrected chi connectivity index (χ1v) is 9.67. The fourth-order valence-corrected chi connectivity index (χ4v) is 4.24. The van der Waals surface area contributed by atoms with Crippen LogP contribution in [0.1, 0.15) is 66.8 Å². The smallest absolute Gasteiger partial charge is 0.336 e. The number of rotatable bonds is 4. The van der Waals surface area contributed by atoms with Crippen molar-refractivity contribution < 1.29 is 8.94 Å².